The maximum atomic E-state index is 12.3. The predicted octanol–water partition coefficient (Wildman–Crippen LogP) is 0.678. The van der Waals surface area contributed by atoms with Crippen LogP contribution in [0.4, 0.5) is 0 Å². The Morgan fingerprint density at radius 1 is 1.37 bits per heavy atom. The van der Waals surface area contributed by atoms with Gasteiger partial charge in [-0.05, 0) is 25.8 Å². The van der Waals surface area contributed by atoms with Gasteiger partial charge in [-0.25, -0.2) is 0 Å². The van der Waals surface area contributed by atoms with Crippen LogP contribution in [-0.2, 0) is 16.1 Å². The molecule has 3 N–H and O–H groups in total. The van der Waals surface area contributed by atoms with E-state index in [1.165, 1.54) is 0 Å². The predicted molar refractivity (Wildman–Crippen MR) is 100 cm³/mol. The van der Waals surface area contributed by atoms with Gasteiger partial charge < -0.3 is 25.0 Å². The number of nitrogens with one attached hydrogen (secondary N) is 1. The number of para-hydroxylation sites is 1. The third kappa shape index (κ3) is 4.79. The lowest BCUT2D eigenvalue weighted by molar-refractivity contribution is -0.223. The molecule has 2 saturated heterocycles. The zero-order valence-corrected chi connectivity index (χ0v) is 16.1. The molecule has 2 fully saturated rings. The summed E-state index contributed by atoms with van der Waals surface area (Å²) in [5, 5.41) is 23.2. The van der Waals surface area contributed by atoms with Gasteiger partial charge in [-0.3, -0.25) is 9.69 Å². The van der Waals surface area contributed by atoms with Gasteiger partial charge in [0.1, 0.15) is 11.9 Å². The van der Waals surface area contributed by atoms with E-state index in [4.69, 9.17) is 9.47 Å². The summed E-state index contributed by atoms with van der Waals surface area (Å²) in [7, 11) is 1.62. The van der Waals surface area contributed by atoms with E-state index in [1.807, 2.05) is 24.3 Å². The molecule has 0 bridgehead atoms. The number of rotatable bonds is 5. The van der Waals surface area contributed by atoms with Gasteiger partial charge in [-0.2, -0.15) is 0 Å². The topological polar surface area (TPSA) is 91.3 Å². The molecular formula is C20H30N2O5. The zero-order chi connectivity index (χ0) is 19.5. The molecule has 2 heterocycles. The second kappa shape index (κ2) is 8.14. The summed E-state index contributed by atoms with van der Waals surface area (Å²) in [4.78, 5) is 14.4. The molecule has 2 atom stereocenters. The third-order valence-corrected chi connectivity index (χ3v) is 5.75. The normalized spacial score (nSPS) is 28.1. The Kier molecular flexibility index (Phi) is 6.05. The number of amides is 1. The number of methoxy groups -OCH3 is 1. The fourth-order valence-corrected chi connectivity index (χ4v) is 4.00. The van der Waals surface area contributed by atoms with Crippen molar-refractivity contribution in [2.75, 3.05) is 33.4 Å². The van der Waals surface area contributed by atoms with Crippen molar-refractivity contribution in [3.8, 4) is 5.75 Å². The summed E-state index contributed by atoms with van der Waals surface area (Å²) in [6.45, 7) is 4.06. The highest BCUT2D eigenvalue weighted by atomic mass is 16.5. The van der Waals surface area contributed by atoms with Crippen LogP contribution in [0, 0.1) is 0 Å². The Hall–Kier alpha value is -1.67. The number of hydrogen-bond donors (Lipinski definition) is 3. The van der Waals surface area contributed by atoms with E-state index in [2.05, 4.69) is 10.2 Å². The molecule has 0 unspecified atom stereocenters. The van der Waals surface area contributed by atoms with Crippen LogP contribution in [0.2, 0.25) is 0 Å². The van der Waals surface area contributed by atoms with Crippen molar-refractivity contribution in [1.82, 2.24) is 10.2 Å². The summed E-state index contributed by atoms with van der Waals surface area (Å²) in [5.74, 6) is 0.741. The monoisotopic (exact) mass is 378 g/mol. The van der Waals surface area contributed by atoms with Crippen LogP contribution >= 0.6 is 0 Å². The molecule has 1 aromatic rings. The molecule has 0 saturated carbocycles. The summed E-state index contributed by atoms with van der Waals surface area (Å²) in [5.41, 5.74) is -0.568. The van der Waals surface area contributed by atoms with Gasteiger partial charge in [-0.1, -0.05) is 18.2 Å². The Balaban J connectivity index is 1.46. The average Bonchev–Trinajstić information content (AvgIpc) is 2.65. The lowest BCUT2D eigenvalue weighted by atomic mass is 9.76. The van der Waals surface area contributed by atoms with E-state index in [1.54, 1.807) is 14.0 Å². The fraction of sp³-hybridized carbons (Fsp3) is 0.650. The first kappa shape index (κ1) is 20.1. The highest BCUT2D eigenvalue weighted by molar-refractivity contribution is 5.78. The van der Waals surface area contributed by atoms with E-state index in [0.29, 0.717) is 19.5 Å². The van der Waals surface area contributed by atoms with Crippen molar-refractivity contribution < 1.29 is 24.5 Å². The first-order valence-corrected chi connectivity index (χ1v) is 9.49. The maximum Gasteiger partial charge on any atom is 0.234 e. The molecule has 0 radical (unpaired) electrons. The standard InChI is InChI=1S/C20H30N2O5/c1-19(25)14-20(27-13-17(19)23)7-9-22(10-8-20)12-18(24)21-11-15-5-3-4-6-16(15)26-2/h3-6,17,23,25H,7-14H2,1-2H3,(H,21,24)/t17-,19-/m0/s1. The maximum absolute atomic E-state index is 12.3. The van der Waals surface area contributed by atoms with Crippen molar-refractivity contribution >= 4 is 5.91 Å². The van der Waals surface area contributed by atoms with Gasteiger partial charge in [0.2, 0.25) is 5.91 Å². The molecule has 7 heteroatoms. The van der Waals surface area contributed by atoms with Crippen LogP contribution in [0.5, 0.6) is 5.75 Å². The van der Waals surface area contributed by atoms with Gasteiger partial charge >= 0.3 is 0 Å². The Morgan fingerprint density at radius 3 is 2.74 bits per heavy atom. The zero-order valence-electron chi connectivity index (χ0n) is 16.1. The Labute approximate surface area is 160 Å². The lowest BCUT2D eigenvalue weighted by Gasteiger charge is -2.49. The van der Waals surface area contributed by atoms with Crippen LogP contribution < -0.4 is 10.1 Å². The van der Waals surface area contributed by atoms with Crippen LogP contribution in [-0.4, -0.2) is 71.7 Å². The van der Waals surface area contributed by atoms with Crippen LogP contribution in [0.25, 0.3) is 0 Å². The minimum Gasteiger partial charge on any atom is -0.496 e. The highest BCUT2D eigenvalue weighted by Gasteiger charge is 2.48. The van der Waals surface area contributed by atoms with Crippen LogP contribution in [0.1, 0.15) is 31.7 Å². The van der Waals surface area contributed by atoms with E-state index >= 15 is 0 Å². The summed E-state index contributed by atoms with van der Waals surface area (Å²) in [6.07, 6.45) is 1.07. The van der Waals surface area contributed by atoms with E-state index in [9.17, 15) is 15.0 Å². The van der Waals surface area contributed by atoms with Gasteiger partial charge in [-0.15, -0.1) is 0 Å². The highest BCUT2D eigenvalue weighted by Crippen LogP contribution is 2.39. The molecule has 7 nitrogen and oxygen atoms in total. The number of ether oxygens (including phenoxy) is 2. The van der Waals surface area contributed by atoms with Crippen LogP contribution in [0.15, 0.2) is 24.3 Å². The third-order valence-electron chi connectivity index (χ3n) is 5.75. The molecule has 1 amide bonds. The Bertz CT molecular complexity index is 656. The van der Waals surface area contributed by atoms with Gasteiger partial charge in [0, 0.05) is 31.6 Å². The number of aliphatic hydroxyl groups excluding tert-OH is 1. The lowest BCUT2D eigenvalue weighted by Crippen LogP contribution is -2.59. The molecule has 3 rings (SSSR count). The van der Waals surface area contributed by atoms with Crippen molar-refractivity contribution in [3.05, 3.63) is 29.8 Å². The molecule has 150 valence electrons. The minimum absolute atomic E-state index is 0.0242. The minimum atomic E-state index is -1.12. The smallest absolute Gasteiger partial charge is 0.234 e. The van der Waals surface area contributed by atoms with Crippen molar-refractivity contribution in [2.24, 2.45) is 0 Å². The summed E-state index contributed by atoms with van der Waals surface area (Å²) in [6, 6.07) is 7.63. The number of benzene rings is 1. The van der Waals surface area contributed by atoms with Crippen molar-refractivity contribution in [1.29, 1.82) is 0 Å². The molecule has 2 aliphatic heterocycles. The van der Waals surface area contributed by atoms with Crippen LogP contribution in [0.3, 0.4) is 0 Å². The van der Waals surface area contributed by atoms with Gasteiger partial charge in [0.15, 0.2) is 0 Å². The number of carbonyl (C=O) groups excluding carboxylic acids is 1. The number of nitrogens with zero attached hydrogens (tertiary/aromatic N) is 1. The fourth-order valence-electron chi connectivity index (χ4n) is 4.00. The molecule has 1 aromatic carbocycles. The Morgan fingerprint density at radius 2 is 2.07 bits per heavy atom. The van der Waals surface area contributed by atoms with Crippen molar-refractivity contribution in [2.45, 2.75) is 50.0 Å². The molecule has 0 aliphatic carbocycles. The van der Waals surface area contributed by atoms with E-state index in [0.717, 1.165) is 37.2 Å². The second-order valence-electron chi connectivity index (χ2n) is 7.91. The average molecular weight is 378 g/mol. The molecule has 2 aliphatic rings. The first-order valence-electron chi connectivity index (χ1n) is 9.49. The SMILES string of the molecule is COc1ccccc1CNC(=O)CN1CCC2(CC1)C[C@](C)(O)[C@@H](O)CO2. The number of likely N-dealkylation sites (tertiary alicyclic amines) is 1. The first-order chi connectivity index (χ1) is 12.8. The number of carbonyl (C=O) groups is 1. The van der Waals surface area contributed by atoms with Gasteiger partial charge in [0.25, 0.3) is 0 Å². The quantitative estimate of drug-likeness (QED) is 0.698. The van der Waals surface area contributed by atoms with E-state index in [-0.39, 0.29) is 12.5 Å². The van der Waals surface area contributed by atoms with E-state index < -0.39 is 17.3 Å². The molecule has 27 heavy (non-hydrogen) atoms. The molecular weight excluding hydrogens is 348 g/mol. The largest absolute Gasteiger partial charge is 0.496 e. The number of piperidine rings is 1. The van der Waals surface area contributed by atoms with Gasteiger partial charge in [0.05, 0.1) is 31.5 Å². The number of aliphatic hydroxyl groups is 2. The second-order valence-corrected chi connectivity index (χ2v) is 7.91. The van der Waals surface area contributed by atoms with Crippen molar-refractivity contribution in [3.63, 3.8) is 0 Å². The molecule has 0 aromatic heterocycles. The number of hydrogen-bond acceptors (Lipinski definition) is 6. The summed E-state index contributed by atoms with van der Waals surface area (Å²) >= 11 is 0. The molecule has 1 spiro atoms. The summed E-state index contributed by atoms with van der Waals surface area (Å²) < 4.78 is 11.2.